The molecule has 0 aromatic heterocycles. The first-order chi connectivity index (χ1) is 39.6. The van der Waals surface area contributed by atoms with Crippen LogP contribution in [0.2, 0.25) is 0 Å². The second kappa shape index (κ2) is 18.6. The zero-order valence-corrected chi connectivity index (χ0v) is 55.3. The topological polar surface area (TPSA) is 9.72 Å². The molecule has 2 aliphatic carbocycles. The van der Waals surface area contributed by atoms with Crippen LogP contribution in [-0.2, 0) is 37.9 Å². The van der Waals surface area contributed by atoms with Crippen molar-refractivity contribution in [3.8, 4) is 22.3 Å². The molecular formula is C81H94BN3. The van der Waals surface area contributed by atoms with Gasteiger partial charge in [-0.05, 0) is 198 Å². The molecule has 0 spiro atoms. The van der Waals surface area contributed by atoms with Gasteiger partial charge in [-0.1, -0.05) is 229 Å². The summed E-state index contributed by atoms with van der Waals surface area (Å²) in [5, 5.41) is 0. The largest absolute Gasteiger partial charge is 0.334 e. The molecule has 2 atom stereocenters. The molecule has 3 aliphatic heterocycles. The Morgan fingerprint density at radius 3 is 1.29 bits per heavy atom. The highest BCUT2D eigenvalue weighted by atomic mass is 15.3. The molecule has 8 aromatic rings. The van der Waals surface area contributed by atoms with Crippen LogP contribution in [0.3, 0.4) is 0 Å². The fraction of sp³-hybridized carbons (Fsp3) is 0.407. The number of fused-ring (bicyclic) bond motifs is 8. The van der Waals surface area contributed by atoms with Gasteiger partial charge in [-0.15, -0.1) is 0 Å². The van der Waals surface area contributed by atoms with Gasteiger partial charge in [-0.25, -0.2) is 0 Å². The summed E-state index contributed by atoms with van der Waals surface area (Å²) in [4.78, 5) is 8.30. The molecule has 1 fully saturated rings. The highest BCUT2D eigenvalue weighted by Crippen LogP contribution is 2.67. The van der Waals surface area contributed by atoms with Crippen molar-refractivity contribution < 1.29 is 0 Å². The smallest absolute Gasteiger partial charge is 0.252 e. The molecule has 3 heterocycles. The van der Waals surface area contributed by atoms with E-state index >= 15 is 0 Å². The van der Waals surface area contributed by atoms with E-state index in [9.17, 15) is 0 Å². The van der Waals surface area contributed by atoms with E-state index in [1.807, 2.05) is 0 Å². The van der Waals surface area contributed by atoms with Crippen LogP contribution in [0.5, 0.6) is 0 Å². The molecule has 5 aliphatic rings. The summed E-state index contributed by atoms with van der Waals surface area (Å²) < 4.78 is 0. The van der Waals surface area contributed by atoms with Crippen molar-refractivity contribution in [2.45, 2.75) is 208 Å². The molecule has 13 rings (SSSR count). The van der Waals surface area contributed by atoms with Gasteiger partial charge in [0.2, 0.25) is 0 Å². The molecule has 1 saturated carbocycles. The average molecular weight is 1120 g/mol. The Labute approximate surface area is 512 Å². The molecule has 0 N–H and O–H groups in total. The molecule has 4 heteroatoms. The molecule has 8 aromatic carbocycles. The fourth-order valence-corrected chi connectivity index (χ4v) is 16.6. The van der Waals surface area contributed by atoms with E-state index in [0.717, 1.165) is 25.7 Å². The Morgan fingerprint density at radius 2 is 0.812 bits per heavy atom. The van der Waals surface area contributed by atoms with Gasteiger partial charge in [-0.3, -0.25) is 0 Å². The van der Waals surface area contributed by atoms with Crippen molar-refractivity contribution >= 4 is 68.6 Å². The Kier molecular flexibility index (Phi) is 12.6. The maximum absolute atomic E-state index is 2.82. The minimum absolute atomic E-state index is 0.00655. The average Bonchev–Trinajstić information content (AvgIpc) is 1.67. The minimum atomic E-state index is -0.196. The van der Waals surface area contributed by atoms with Gasteiger partial charge in [-0.2, -0.15) is 0 Å². The Hall–Kier alpha value is -6.78. The number of hydrogen-bond donors (Lipinski definition) is 0. The van der Waals surface area contributed by atoms with Crippen molar-refractivity contribution in [2.75, 3.05) is 14.7 Å². The summed E-state index contributed by atoms with van der Waals surface area (Å²) in [6, 6.07) is 63.2. The van der Waals surface area contributed by atoms with E-state index in [1.54, 1.807) is 0 Å². The normalized spacial score (nSPS) is 20.8. The van der Waals surface area contributed by atoms with Crippen molar-refractivity contribution in [2.24, 2.45) is 5.41 Å². The summed E-state index contributed by atoms with van der Waals surface area (Å²) in [5.74, 6) is 0. The van der Waals surface area contributed by atoms with Crippen LogP contribution in [-0.4, -0.2) is 12.3 Å². The SMILES string of the molecule is CC1(C)CC2(C)c3cc(C(C)(C)C)ccc3N(c3ccc4c(c3)N(c3ccc(C(C)(C)C)cc3-c3ccccc3)c3cc(C(C)(C)C)cc5c3B4c3cc4c(cc3N5c3ccc(C(C)(C)C)cc3-c3ccccc3)C(C)(C)CCC4(C)C)C2(C)C1. The lowest BCUT2D eigenvalue weighted by Crippen LogP contribution is -2.62. The number of rotatable bonds is 5. The lowest BCUT2D eigenvalue weighted by Gasteiger charge is -2.48. The third kappa shape index (κ3) is 8.93. The molecule has 0 bridgehead atoms. The van der Waals surface area contributed by atoms with Gasteiger partial charge < -0.3 is 14.7 Å². The fourth-order valence-electron chi connectivity index (χ4n) is 16.6. The molecule has 3 nitrogen and oxygen atoms in total. The van der Waals surface area contributed by atoms with Crippen LogP contribution in [0, 0.1) is 5.41 Å². The molecular weight excluding hydrogens is 1030 g/mol. The van der Waals surface area contributed by atoms with Gasteiger partial charge in [0.1, 0.15) is 0 Å². The van der Waals surface area contributed by atoms with E-state index in [4.69, 9.17) is 0 Å². The summed E-state index contributed by atoms with van der Waals surface area (Å²) in [7, 11) is 0. The summed E-state index contributed by atoms with van der Waals surface area (Å²) in [6.45, 7) is 48.7. The number of hydrogen-bond acceptors (Lipinski definition) is 3. The molecule has 0 amide bonds. The van der Waals surface area contributed by atoms with Crippen LogP contribution >= 0.6 is 0 Å². The minimum Gasteiger partial charge on any atom is -0.334 e. The highest BCUT2D eigenvalue weighted by molar-refractivity contribution is 7.00. The molecule has 0 radical (unpaired) electrons. The number of nitrogens with zero attached hydrogens (tertiary/aromatic N) is 3. The highest BCUT2D eigenvalue weighted by Gasteiger charge is 2.64. The van der Waals surface area contributed by atoms with E-state index in [0.29, 0.717) is 0 Å². The monoisotopic (exact) mass is 1120 g/mol. The summed E-state index contributed by atoms with van der Waals surface area (Å²) >= 11 is 0. The van der Waals surface area contributed by atoms with Gasteiger partial charge in [0.15, 0.2) is 0 Å². The summed E-state index contributed by atoms with van der Waals surface area (Å²) in [5.41, 5.74) is 28.6. The lowest BCUT2D eigenvalue weighted by atomic mass is 9.33. The van der Waals surface area contributed by atoms with Crippen molar-refractivity contribution in [3.63, 3.8) is 0 Å². The first kappa shape index (κ1) is 57.3. The Bertz CT molecular complexity index is 4020. The lowest BCUT2D eigenvalue weighted by molar-refractivity contribution is 0.330. The van der Waals surface area contributed by atoms with Crippen molar-refractivity contribution in [3.05, 3.63) is 197 Å². The van der Waals surface area contributed by atoms with Gasteiger partial charge >= 0.3 is 0 Å². The number of benzene rings is 8. The van der Waals surface area contributed by atoms with Crippen LogP contribution in [0.25, 0.3) is 22.3 Å². The van der Waals surface area contributed by atoms with Crippen LogP contribution in [0.15, 0.2) is 158 Å². The zero-order chi connectivity index (χ0) is 60.7. The first-order valence-corrected chi connectivity index (χ1v) is 32.1. The van der Waals surface area contributed by atoms with E-state index in [2.05, 4.69) is 311 Å². The van der Waals surface area contributed by atoms with Gasteiger partial charge in [0, 0.05) is 50.7 Å². The third-order valence-electron chi connectivity index (χ3n) is 21.6. The van der Waals surface area contributed by atoms with Crippen LogP contribution < -0.4 is 31.1 Å². The molecule has 0 saturated heterocycles. The molecule has 85 heavy (non-hydrogen) atoms. The Balaban J connectivity index is 1.18. The van der Waals surface area contributed by atoms with Crippen molar-refractivity contribution in [1.29, 1.82) is 0 Å². The first-order valence-electron chi connectivity index (χ1n) is 32.1. The van der Waals surface area contributed by atoms with E-state index < -0.39 is 0 Å². The quantitative estimate of drug-likeness (QED) is 0.159. The molecule has 436 valence electrons. The second-order valence-corrected chi connectivity index (χ2v) is 33.4. The number of anilines is 8. The zero-order valence-electron chi connectivity index (χ0n) is 55.3. The second-order valence-electron chi connectivity index (χ2n) is 33.4. The van der Waals surface area contributed by atoms with Gasteiger partial charge in [0.25, 0.3) is 6.71 Å². The van der Waals surface area contributed by atoms with E-state index in [-0.39, 0.29) is 55.6 Å². The van der Waals surface area contributed by atoms with Crippen LogP contribution in [0.1, 0.15) is 203 Å². The predicted octanol–water partition coefficient (Wildman–Crippen LogP) is 20.6. The third-order valence-corrected chi connectivity index (χ3v) is 21.6. The van der Waals surface area contributed by atoms with E-state index in [1.165, 1.54) is 123 Å². The van der Waals surface area contributed by atoms with Crippen molar-refractivity contribution in [1.82, 2.24) is 0 Å². The van der Waals surface area contributed by atoms with Crippen LogP contribution in [0.4, 0.5) is 45.5 Å². The standard InChI is InChI=1S/C81H94BN3/c1-73(2,3)53-31-36-65(58(41-53)51-27-23-21-24-28-51)83-68-46-57(85-67-38-33-55(75(7,8)9)43-62(67)80(19)49-77(13,14)50-81(80,85)20)34-35-63(68)82-64-47-60-61(79(17,18)40-39-78(60,15)16)48-69(64)84(71-45-56(76(10,11)12)44-70(83)72(71)82)66-37-32-54(74(4,5)6)42-59(66)52-29-25-22-26-30-52/h21-38,41-48H,39-40,49-50H2,1-20H3. The maximum Gasteiger partial charge on any atom is 0.252 e. The maximum atomic E-state index is 2.82. The molecule has 2 unspecified atom stereocenters. The Morgan fingerprint density at radius 1 is 0.365 bits per heavy atom. The van der Waals surface area contributed by atoms with Gasteiger partial charge in [0.05, 0.1) is 16.9 Å². The summed E-state index contributed by atoms with van der Waals surface area (Å²) in [6.07, 6.45) is 4.52. The predicted molar refractivity (Wildman–Crippen MR) is 369 cm³/mol.